The molecule has 0 N–H and O–H groups in total. The maximum absolute atomic E-state index is 13.0. The normalized spacial score (nSPS) is 16.3. The standard InChI is InChI=1S/C18H21FN2O2S/c1-24(22,23)18-8-2-15(3-9-18)14-20-10-12-21(13-11-20)17-6-4-16(19)5-7-17/h2-9H,10-14H2,1H3. The largest absolute Gasteiger partial charge is 0.369 e. The van der Waals surface area contributed by atoms with Gasteiger partial charge in [-0.2, -0.15) is 0 Å². The van der Waals surface area contributed by atoms with Crippen molar-refractivity contribution in [1.29, 1.82) is 0 Å². The van der Waals surface area contributed by atoms with Crippen LogP contribution in [0.1, 0.15) is 5.56 Å². The van der Waals surface area contributed by atoms with E-state index in [-0.39, 0.29) is 5.82 Å². The predicted molar refractivity (Wildman–Crippen MR) is 93.4 cm³/mol. The molecule has 1 aliphatic rings. The molecular formula is C18H21FN2O2S. The highest BCUT2D eigenvalue weighted by atomic mass is 32.2. The van der Waals surface area contributed by atoms with Crippen LogP contribution in [0, 0.1) is 5.82 Å². The molecule has 0 atom stereocenters. The van der Waals surface area contributed by atoms with Crippen LogP contribution in [0.5, 0.6) is 0 Å². The van der Waals surface area contributed by atoms with Crippen molar-refractivity contribution < 1.29 is 12.8 Å². The molecule has 0 amide bonds. The van der Waals surface area contributed by atoms with Gasteiger partial charge in [-0.15, -0.1) is 0 Å². The van der Waals surface area contributed by atoms with Crippen LogP contribution in [0.4, 0.5) is 10.1 Å². The zero-order chi connectivity index (χ0) is 17.2. The Balaban J connectivity index is 1.56. The maximum Gasteiger partial charge on any atom is 0.175 e. The molecule has 2 aromatic carbocycles. The Labute approximate surface area is 142 Å². The van der Waals surface area contributed by atoms with E-state index in [0.29, 0.717) is 4.90 Å². The average Bonchev–Trinajstić information content (AvgIpc) is 2.56. The van der Waals surface area contributed by atoms with Crippen molar-refractivity contribution in [1.82, 2.24) is 4.90 Å². The first kappa shape index (κ1) is 16.9. The van der Waals surface area contributed by atoms with E-state index in [4.69, 9.17) is 0 Å². The van der Waals surface area contributed by atoms with Gasteiger partial charge in [0.25, 0.3) is 0 Å². The molecule has 24 heavy (non-hydrogen) atoms. The fourth-order valence-corrected chi connectivity index (χ4v) is 3.55. The van der Waals surface area contributed by atoms with Crippen molar-refractivity contribution in [3.63, 3.8) is 0 Å². The summed E-state index contributed by atoms with van der Waals surface area (Å²) in [7, 11) is -3.14. The second-order valence-electron chi connectivity index (χ2n) is 6.16. The molecule has 0 spiro atoms. The molecular weight excluding hydrogens is 327 g/mol. The van der Waals surface area contributed by atoms with Crippen LogP contribution in [0.3, 0.4) is 0 Å². The summed E-state index contributed by atoms with van der Waals surface area (Å²) in [5.74, 6) is -0.213. The van der Waals surface area contributed by atoms with Crippen molar-refractivity contribution in [3.05, 3.63) is 59.9 Å². The van der Waals surface area contributed by atoms with E-state index in [1.54, 1.807) is 12.1 Å². The van der Waals surface area contributed by atoms with Gasteiger partial charge in [-0.05, 0) is 42.0 Å². The van der Waals surface area contributed by atoms with Crippen LogP contribution in [0.25, 0.3) is 0 Å². The Morgan fingerprint density at radius 1 is 0.917 bits per heavy atom. The number of piperazine rings is 1. The predicted octanol–water partition coefficient (Wildman–Crippen LogP) is 2.55. The number of benzene rings is 2. The third-order valence-electron chi connectivity index (χ3n) is 4.32. The number of hydrogen-bond acceptors (Lipinski definition) is 4. The first-order valence-electron chi connectivity index (χ1n) is 7.94. The number of anilines is 1. The van der Waals surface area contributed by atoms with Gasteiger partial charge >= 0.3 is 0 Å². The van der Waals surface area contributed by atoms with Crippen LogP contribution >= 0.6 is 0 Å². The van der Waals surface area contributed by atoms with Gasteiger partial charge in [0, 0.05) is 44.7 Å². The quantitative estimate of drug-likeness (QED) is 0.851. The molecule has 4 nitrogen and oxygen atoms in total. The summed E-state index contributed by atoms with van der Waals surface area (Å²) in [4.78, 5) is 4.95. The highest BCUT2D eigenvalue weighted by Crippen LogP contribution is 2.18. The molecule has 6 heteroatoms. The molecule has 1 heterocycles. The summed E-state index contributed by atoms with van der Waals surface area (Å²) in [6, 6.07) is 13.7. The summed E-state index contributed by atoms with van der Waals surface area (Å²) in [5, 5.41) is 0. The van der Waals surface area contributed by atoms with E-state index in [1.165, 1.54) is 18.4 Å². The van der Waals surface area contributed by atoms with Crippen LogP contribution in [0.2, 0.25) is 0 Å². The zero-order valence-corrected chi connectivity index (χ0v) is 14.5. The Kier molecular flexibility index (Phi) is 4.87. The minimum Gasteiger partial charge on any atom is -0.369 e. The van der Waals surface area contributed by atoms with Gasteiger partial charge < -0.3 is 4.90 Å². The highest BCUT2D eigenvalue weighted by Gasteiger charge is 2.17. The number of sulfone groups is 1. The summed E-state index contributed by atoms with van der Waals surface area (Å²) in [5.41, 5.74) is 2.16. The van der Waals surface area contributed by atoms with Crippen molar-refractivity contribution >= 4 is 15.5 Å². The van der Waals surface area contributed by atoms with Crippen molar-refractivity contribution in [2.45, 2.75) is 11.4 Å². The van der Waals surface area contributed by atoms with Crippen LogP contribution in [0.15, 0.2) is 53.4 Å². The molecule has 0 aromatic heterocycles. The smallest absolute Gasteiger partial charge is 0.175 e. The van der Waals surface area contributed by atoms with Crippen molar-refractivity contribution in [3.8, 4) is 0 Å². The van der Waals surface area contributed by atoms with Gasteiger partial charge in [-0.25, -0.2) is 12.8 Å². The molecule has 2 aromatic rings. The molecule has 0 radical (unpaired) electrons. The first-order chi connectivity index (χ1) is 11.4. The van der Waals surface area contributed by atoms with Crippen LogP contribution < -0.4 is 4.90 Å². The topological polar surface area (TPSA) is 40.6 Å². The van der Waals surface area contributed by atoms with Gasteiger partial charge in [0.2, 0.25) is 0 Å². The van der Waals surface area contributed by atoms with Gasteiger partial charge in [0.15, 0.2) is 9.84 Å². The Morgan fingerprint density at radius 2 is 1.50 bits per heavy atom. The number of hydrogen-bond donors (Lipinski definition) is 0. The van der Waals surface area contributed by atoms with E-state index < -0.39 is 9.84 Å². The fraction of sp³-hybridized carbons (Fsp3) is 0.333. The summed E-state index contributed by atoms with van der Waals surface area (Å²) >= 11 is 0. The second kappa shape index (κ2) is 6.91. The van der Waals surface area contributed by atoms with Gasteiger partial charge in [0.1, 0.15) is 5.82 Å². The zero-order valence-electron chi connectivity index (χ0n) is 13.7. The monoisotopic (exact) mass is 348 g/mol. The Bertz CT molecular complexity index is 781. The van der Waals surface area contributed by atoms with E-state index in [0.717, 1.165) is 44.0 Å². The molecule has 1 saturated heterocycles. The second-order valence-corrected chi connectivity index (χ2v) is 8.17. The summed E-state index contributed by atoms with van der Waals surface area (Å²) < 4.78 is 36.0. The number of nitrogens with zero attached hydrogens (tertiary/aromatic N) is 2. The summed E-state index contributed by atoms with van der Waals surface area (Å²) in [6.45, 7) is 4.44. The fourth-order valence-electron chi connectivity index (χ4n) is 2.92. The molecule has 128 valence electrons. The highest BCUT2D eigenvalue weighted by molar-refractivity contribution is 7.90. The average molecular weight is 348 g/mol. The Hall–Kier alpha value is -1.92. The van der Waals surface area contributed by atoms with Gasteiger partial charge in [-0.3, -0.25) is 4.90 Å². The number of rotatable bonds is 4. The van der Waals surface area contributed by atoms with E-state index >= 15 is 0 Å². The molecule has 0 unspecified atom stereocenters. The van der Waals surface area contributed by atoms with E-state index in [1.807, 2.05) is 24.3 Å². The lowest BCUT2D eigenvalue weighted by Gasteiger charge is -2.36. The molecule has 0 saturated carbocycles. The van der Waals surface area contributed by atoms with Crippen LogP contribution in [-0.4, -0.2) is 45.8 Å². The minimum absolute atomic E-state index is 0.213. The molecule has 0 aliphatic carbocycles. The SMILES string of the molecule is CS(=O)(=O)c1ccc(CN2CCN(c3ccc(F)cc3)CC2)cc1. The molecule has 0 bridgehead atoms. The van der Waals surface area contributed by atoms with E-state index in [2.05, 4.69) is 9.80 Å². The Morgan fingerprint density at radius 3 is 2.04 bits per heavy atom. The lowest BCUT2D eigenvalue weighted by atomic mass is 10.2. The van der Waals surface area contributed by atoms with E-state index in [9.17, 15) is 12.8 Å². The number of halogens is 1. The van der Waals surface area contributed by atoms with Gasteiger partial charge in [0.05, 0.1) is 4.90 Å². The summed E-state index contributed by atoms with van der Waals surface area (Å²) in [6.07, 6.45) is 1.22. The molecule has 3 rings (SSSR count). The molecule has 1 aliphatic heterocycles. The minimum atomic E-state index is -3.14. The van der Waals surface area contributed by atoms with Crippen molar-refractivity contribution in [2.24, 2.45) is 0 Å². The maximum atomic E-state index is 13.0. The first-order valence-corrected chi connectivity index (χ1v) is 9.83. The van der Waals surface area contributed by atoms with Gasteiger partial charge in [-0.1, -0.05) is 12.1 Å². The van der Waals surface area contributed by atoms with Crippen LogP contribution in [-0.2, 0) is 16.4 Å². The lowest BCUT2D eigenvalue weighted by Crippen LogP contribution is -2.45. The van der Waals surface area contributed by atoms with Crippen molar-refractivity contribution in [2.75, 3.05) is 37.3 Å². The third-order valence-corrected chi connectivity index (χ3v) is 5.45. The lowest BCUT2D eigenvalue weighted by molar-refractivity contribution is 0.250. The third kappa shape index (κ3) is 4.13. The molecule has 1 fully saturated rings.